The van der Waals surface area contributed by atoms with Crippen LogP contribution in [0, 0.1) is 34.5 Å². The molecule has 0 atom stereocenters. The second-order valence-electron chi connectivity index (χ2n) is 10.4. The third-order valence-corrected chi connectivity index (χ3v) is 8.78. The number of allylic oxidation sites excluding steroid dienone is 4. The van der Waals surface area contributed by atoms with Gasteiger partial charge in [-0.25, -0.2) is 0 Å². The first-order valence-electron chi connectivity index (χ1n) is 13.0. The Morgan fingerprint density at radius 2 is 0.553 bits per heavy atom. The predicted octanol–water partition coefficient (Wildman–Crippen LogP) is 7.21. The summed E-state index contributed by atoms with van der Waals surface area (Å²) in [5.41, 5.74) is 13.0. The molecule has 0 spiro atoms. The molecule has 0 saturated carbocycles. The summed E-state index contributed by atoms with van der Waals surface area (Å²) in [7, 11) is 0. The van der Waals surface area contributed by atoms with Crippen LogP contribution in [0.2, 0.25) is 0 Å². The number of hydrogen-bond donors (Lipinski definition) is 0. The summed E-state index contributed by atoms with van der Waals surface area (Å²) in [6, 6.07) is 38.9. The van der Waals surface area contributed by atoms with Gasteiger partial charge in [-0.15, -0.1) is 0 Å². The fourth-order valence-corrected chi connectivity index (χ4v) is 7.35. The summed E-state index contributed by atoms with van der Waals surface area (Å²) in [5, 5.41) is 20.8. The van der Waals surface area contributed by atoms with Gasteiger partial charge in [-0.3, -0.25) is 0 Å². The van der Waals surface area contributed by atoms with Gasteiger partial charge in [0.1, 0.15) is 0 Å². The lowest BCUT2D eigenvalue weighted by molar-refractivity contribution is 0.760. The zero-order valence-electron chi connectivity index (χ0n) is 20.4. The molecule has 0 radical (unpaired) electrons. The van der Waals surface area contributed by atoms with Gasteiger partial charge in [0.15, 0.2) is 0 Å². The van der Waals surface area contributed by atoms with Gasteiger partial charge in [-0.1, -0.05) is 109 Å². The van der Waals surface area contributed by atoms with Crippen LogP contribution in [0.4, 0.5) is 0 Å². The van der Waals surface area contributed by atoms with Crippen molar-refractivity contribution in [2.45, 2.75) is 23.7 Å². The van der Waals surface area contributed by atoms with Crippen molar-refractivity contribution in [3.05, 3.63) is 164 Å². The van der Waals surface area contributed by atoms with E-state index in [1.807, 2.05) is 0 Å². The smallest absolute Gasteiger partial charge is 0.0967 e. The standard InChI is InChI=1S/C36H20N2/c37-19-31-29(33-21-9-1-5-13-25(21)35(31)26-14-6-2-10-22(26)33)17-18-30-32(20-38)36-27-15-7-3-11-23(27)34(30)24-12-4-8-16-28(24)36/h1-16,33-36H. The van der Waals surface area contributed by atoms with E-state index < -0.39 is 0 Å². The quantitative estimate of drug-likeness (QED) is 0.250. The Labute approximate surface area is 221 Å². The zero-order valence-corrected chi connectivity index (χ0v) is 20.4. The van der Waals surface area contributed by atoms with E-state index in [9.17, 15) is 10.5 Å². The molecule has 0 fully saturated rings. The van der Waals surface area contributed by atoms with Crippen LogP contribution < -0.4 is 0 Å². The maximum atomic E-state index is 10.4. The molecular weight excluding hydrogens is 460 g/mol. The molecule has 0 saturated heterocycles. The van der Waals surface area contributed by atoms with E-state index >= 15 is 0 Å². The van der Waals surface area contributed by atoms with Crippen LogP contribution in [-0.2, 0) is 0 Å². The molecule has 0 aromatic heterocycles. The van der Waals surface area contributed by atoms with Crippen molar-refractivity contribution >= 4 is 0 Å². The molecule has 0 N–H and O–H groups in total. The summed E-state index contributed by atoms with van der Waals surface area (Å²) in [6.45, 7) is 0. The highest BCUT2D eigenvalue weighted by atomic mass is 14.5. The number of benzene rings is 4. The first kappa shape index (κ1) is 21.0. The van der Waals surface area contributed by atoms with Gasteiger partial charge in [0.05, 0.1) is 23.3 Å². The Hall–Kier alpha value is -5.10. The van der Waals surface area contributed by atoms with E-state index in [1.54, 1.807) is 0 Å². The largest absolute Gasteiger partial charge is 0.193 e. The van der Waals surface area contributed by atoms with Crippen LogP contribution in [-0.4, -0.2) is 0 Å². The fraction of sp³-hybridized carbons (Fsp3) is 0.111. The maximum absolute atomic E-state index is 10.4. The molecule has 38 heavy (non-hydrogen) atoms. The third-order valence-electron chi connectivity index (χ3n) is 8.78. The Morgan fingerprint density at radius 1 is 0.342 bits per heavy atom. The minimum absolute atomic E-state index is 0.0685. The van der Waals surface area contributed by atoms with Gasteiger partial charge >= 0.3 is 0 Å². The number of nitrogens with zero attached hydrogens (tertiary/aromatic N) is 2. The summed E-state index contributed by atoms with van der Waals surface area (Å²) in [4.78, 5) is 0. The number of rotatable bonds is 0. The lowest BCUT2D eigenvalue weighted by atomic mass is 9.60. The van der Waals surface area contributed by atoms with E-state index in [4.69, 9.17) is 0 Å². The molecule has 4 aromatic carbocycles. The van der Waals surface area contributed by atoms with E-state index in [2.05, 4.69) is 121 Å². The summed E-state index contributed by atoms with van der Waals surface area (Å²) < 4.78 is 0. The number of nitriles is 2. The van der Waals surface area contributed by atoms with Gasteiger partial charge in [0, 0.05) is 34.8 Å². The Balaban J connectivity index is 1.36. The highest BCUT2D eigenvalue weighted by Gasteiger charge is 2.44. The Bertz CT molecular complexity index is 1690. The van der Waals surface area contributed by atoms with Gasteiger partial charge in [0.25, 0.3) is 0 Å². The third kappa shape index (κ3) is 2.56. The highest BCUT2D eigenvalue weighted by Crippen LogP contribution is 2.57. The van der Waals surface area contributed by atoms with Crippen molar-refractivity contribution in [3.63, 3.8) is 0 Å². The predicted molar refractivity (Wildman–Crippen MR) is 146 cm³/mol. The molecule has 10 rings (SSSR count). The molecule has 0 heterocycles. The second-order valence-corrected chi connectivity index (χ2v) is 10.4. The highest BCUT2D eigenvalue weighted by molar-refractivity contribution is 5.75. The minimum atomic E-state index is -0.102. The average Bonchev–Trinajstić information content (AvgIpc) is 2.99. The van der Waals surface area contributed by atoms with E-state index in [0.717, 1.165) is 22.3 Å². The molecule has 2 nitrogen and oxygen atoms in total. The summed E-state index contributed by atoms with van der Waals surface area (Å²) in [6.07, 6.45) is 0. The van der Waals surface area contributed by atoms with Crippen molar-refractivity contribution in [3.8, 4) is 24.0 Å². The molecule has 0 aliphatic heterocycles. The Morgan fingerprint density at radius 3 is 0.763 bits per heavy atom. The van der Waals surface area contributed by atoms with Crippen LogP contribution in [0.15, 0.2) is 119 Å². The van der Waals surface area contributed by atoms with Crippen molar-refractivity contribution in [1.82, 2.24) is 0 Å². The average molecular weight is 481 g/mol. The van der Waals surface area contributed by atoms with E-state index in [0.29, 0.717) is 0 Å². The van der Waals surface area contributed by atoms with Crippen molar-refractivity contribution in [2.75, 3.05) is 0 Å². The lowest BCUT2D eigenvalue weighted by Gasteiger charge is -2.41. The molecule has 174 valence electrons. The molecule has 6 aliphatic carbocycles. The summed E-state index contributed by atoms with van der Waals surface area (Å²) >= 11 is 0. The van der Waals surface area contributed by atoms with Crippen LogP contribution in [0.25, 0.3) is 0 Å². The van der Waals surface area contributed by atoms with Gasteiger partial charge in [-0.05, 0) is 44.5 Å². The van der Waals surface area contributed by atoms with Gasteiger partial charge in [-0.2, -0.15) is 10.5 Å². The van der Waals surface area contributed by atoms with Crippen LogP contribution >= 0.6 is 0 Å². The topological polar surface area (TPSA) is 47.6 Å². The van der Waals surface area contributed by atoms with Crippen molar-refractivity contribution in [1.29, 1.82) is 10.5 Å². The maximum Gasteiger partial charge on any atom is 0.0967 e. The lowest BCUT2D eigenvalue weighted by Crippen LogP contribution is -2.28. The molecular formula is C36H20N2. The van der Waals surface area contributed by atoms with Gasteiger partial charge < -0.3 is 0 Å². The fourth-order valence-electron chi connectivity index (χ4n) is 7.35. The molecule has 4 aromatic rings. The molecule has 2 heteroatoms. The van der Waals surface area contributed by atoms with Gasteiger partial charge in [0.2, 0.25) is 0 Å². The van der Waals surface area contributed by atoms with E-state index in [-0.39, 0.29) is 23.7 Å². The monoisotopic (exact) mass is 480 g/mol. The summed E-state index contributed by atoms with van der Waals surface area (Å²) in [5.74, 6) is 6.69. The molecule has 4 bridgehead atoms. The molecule has 0 amide bonds. The normalized spacial score (nSPS) is 22.8. The molecule has 0 unspecified atom stereocenters. The van der Waals surface area contributed by atoms with Crippen molar-refractivity contribution in [2.24, 2.45) is 0 Å². The minimum Gasteiger partial charge on any atom is -0.193 e. The van der Waals surface area contributed by atoms with E-state index in [1.165, 1.54) is 44.5 Å². The van der Waals surface area contributed by atoms with Crippen molar-refractivity contribution < 1.29 is 0 Å². The van der Waals surface area contributed by atoms with Crippen LogP contribution in [0.1, 0.15) is 68.2 Å². The zero-order chi connectivity index (χ0) is 25.4. The van der Waals surface area contributed by atoms with Crippen LogP contribution in [0.5, 0.6) is 0 Å². The second kappa shape index (κ2) is 7.70. The number of hydrogen-bond acceptors (Lipinski definition) is 2. The Kier molecular flexibility index (Phi) is 4.26. The SMILES string of the molecule is N#CC1=C(C#CC2=C(C#N)C3c4ccccc4C2c2ccccc23)C2c3ccccc3C1c1ccccc12. The first-order valence-corrected chi connectivity index (χ1v) is 13.0. The van der Waals surface area contributed by atoms with Crippen LogP contribution in [0.3, 0.4) is 0 Å². The molecule has 6 aliphatic rings. The first-order chi connectivity index (χ1) is 18.8.